The molecule has 0 bridgehead atoms. The monoisotopic (exact) mass is 1160 g/mol. The average Bonchev–Trinajstić information content (AvgIpc) is 3.27. The summed E-state index contributed by atoms with van der Waals surface area (Å²) in [4.78, 5) is 0. The molecule has 0 heterocycles. The standard InChI is InChI=1S/C24H66NO24Si8.W/c1-26-52(27-2,28-3)44-50(45-53(29-4,30-5)31-6,46-54(32-7,33-8)34-9)23-19-21-25-22-20-24-51(47-55(35-10,36-11)37-12,48-56(38-13,39-14)40-15)49-57(41-16,42-17)43-18;/h19-24H2,1-18H3;/q-1;. The summed E-state index contributed by atoms with van der Waals surface area (Å²) in [6, 6.07) is 0.0594. The fourth-order valence-corrected chi connectivity index (χ4v) is 29.8. The smallest absolute Gasteiger partial charge is 0.662 e. The predicted molar refractivity (Wildman–Crippen MR) is 211 cm³/mol. The van der Waals surface area contributed by atoms with Crippen LogP contribution in [0.2, 0.25) is 12.1 Å². The van der Waals surface area contributed by atoms with Crippen LogP contribution in [-0.2, 0) is 125 Å². The van der Waals surface area contributed by atoms with Crippen LogP contribution in [0.15, 0.2) is 0 Å². The Morgan fingerprint density at radius 2 is 0.397 bits per heavy atom. The van der Waals surface area contributed by atoms with E-state index in [-0.39, 0.29) is 59.1 Å². The predicted octanol–water partition coefficient (Wildman–Crippen LogP) is 0.364. The first-order chi connectivity index (χ1) is 27.0. The van der Waals surface area contributed by atoms with E-state index in [9.17, 15) is 0 Å². The van der Waals surface area contributed by atoms with Crippen molar-refractivity contribution in [3.8, 4) is 0 Å². The van der Waals surface area contributed by atoms with Gasteiger partial charge in [0.2, 0.25) is 0 Å². The Labute approximate surface area is 367 Å². The summed E-state index contributed by atoms with van der Waals surface area (Å²) in [6.45, 7) is 0.471. The fraction of sp³-hybridized carbons (Fsp3) is 1.00. The molecule has 0 saturated heterocycles. The maximum absolute atomic E-state index is 6.48. The third-order valence-corrected chi connectivity index (χ3v) is 32.2. The van der Waals surface area contributed by atoms with Gasteiger partial charge >= 0.3 is 71.9 Å². The Bertz CT molecular complexity index is 814. The van der Waals surface area contributed by atoms with Crippen molar-refractivity contribution in [2.24, 2.45) is 0 Å². The van der Waals surface area contributed by atoms with E-state index in [1.54, 1.807) is 0 Å². The molecule has 0 atom stereocenters. The minimum absolute atomic E-state index is 0. The van der Waals surface area contributed by atoms with E-state index in [4.69, 9.17) is 110 Å². The first kappa shape index (κ1) is 61.5. The van der Waals surface area contributed by atoms with Crippen LogP contribution in [-0.4, -0.2) is 213 Å². The Kier molecular flexibility index (Phi) is 31.6. The Hall–Kier alpha value is 1.42. The number of nitrogens with zero attached hydrogens (tertiary/aromatic N) is 1. The summed E-state index contributed by atoms with van der Waals surface area (Å²) < 4.78 is 140. The van der Waals surface area contributed by atoms with Gasteiger partial charge in [0.05, 0.1) is 0 Å². The molecule has 0 radical (unpaired) electrons. The minimum Gasteiger partial charge on any atom is -0.662 e. The second-order valence-electron chi connectivity index (χ2n) is 10.5. The zero-order valence-corrected chi connectivity index (χ0v) is 47.8. The first-order valence-corrected chi connectivity index (χ1v) is 30.5. The van der Waals surface area contributed by atoms with Crippen LogP contribution in [0.25, 0.3) is 5.32 Å². The Morgan fingerprint density at radius 3 is 0.517 bits per heavy atom. The van der Waals surface area contributed by atoms with Crippen LogP contribution in [0.5, 0.6) is 0 Å². The molecule has 0 aromatic rings. The van der Waals surface area contributed by atoms with Crippen LogP contribution in [0.4, 0.5) is 0 Å². The van der Waals surface area contributed by atoms with Crippen molar-refractivity contribution in [2.45, 2.75) is 24.9 Å². The summed E-state index contributed by atoms with van der Waals surface area (Å²) in [7, 11) is -7.89. The fourth-order valence-electron chi connectivity index (χ4n) is 4.75. The van der Waals surface area contributed by atoms with Crippen molar-refractivity contribution < 1.29 is 125 Å². The topological polar surface area (TPSA) is 236 Å². The molecule has 0 N–H and O–H groups in total. The average molecular weight is 1160 g/mol. The Morgan fingerprint density at radius 1 is 0.259 bits per heavy atom. The zero-order chi connectivity index (χ0) is 43.9. The van der Waals surface area contributed by atoms with E-state index in [0.717, 1.165) is 0 Å². The first-order valence-electron chi connectivity index (χ1n) is 16.8. The molecule has 58 heavy (non-hydrogen) atoms. The van der Waals surface area contributed by atoms with Gasteiger partial charge in [0.15, 0.2) is 0 Å². The van der Waals surface area contributed by atoms with Gasteiger partial charge in [-0.05, 0) is 0 Å². The second-order valence-corrected chi connectivity index (χ2v) is 32.5. The molecule has 25 nitrogen and oxygen atoms in total. The molecule has 0 saturated carbocycles. The van der Waals surface area contributed by atoms with Crippen LogP contribution in [0, 0.1) is 0 Å². The van der Waals surface area contributed by atoms with Gasteiger partial charge < -0.3 is 110 Å². The maximum Gasteiger partial charge on any atom is 0.671 e. The summed E-state index contributed by atoms with van der Waals surface area (Å²) in [5.74, 6) is 0. The van der Waals surface area contributed by atoms with E-state index in [0.29, 0.717) is 0 Å². The van der Waals surface area contributed by atoms with E-state index < -0.39 is 71.9 Å². The number of hydrogen-bond acceptors (Lipinski definition) is 24. The SMILES string of the molecule is CO[Si](OC)(OC)O[Si](CCC[N-]CCC[Si](O[Si](OC)(OC)OC)(O[Si](OC)(OC)OC)O[Si](OC)(OC)OC)(O[Si](OC)(OC)OC)O[Si](OC)(OC)OC.[W]. The summed E-state index contributed by atoms with van der Waals surface area (Å²) in [5.41, 5.74) is 0. The van der Waals surface area contributed by atoms with Gasteiger partial charge in [-0.2, -0.15) is 0 Å². The van der Waals surface area contributed by atoms with E-state index in [1.165, 1.54) is 128 Å². The summed E-state index contributed by atoms with van der Waals surface area (Å²) in [6.07, 6.45) is 0.576. The Balaban J connectivity index is 0. The van der Waals surface area contributed by atoms with Gasteiger partial charge in [-0.15, -0.1) is 13.1 Å². The van der Waals surface area contributed by atoms with Crippen molar-refractivity contribution in [1.82, 2.24) is 0 Å². The second kappa shape index (κ2) is 29.8. The molecular formula is C24H66NO24Si8W-. The third kappa shape index (κ3) is 17.1. The molecule has 0 amide bonds. The van der Waals surface area contributed by atoms with E-state index >= 15 is 0 Å². The van der Waals surface area contributed by atoms with Crippen LogP contribution in [0.1, 0.15) is 12.8 Å². The van der Waals surface area contributed by atoms with Gasteiger partial charge in [-0.1, -0.05) is 12.8 Å². The molecule has 350 valence electrons. The van der Waals surface area contributed by atoms with Crippen molar-refractivity contribution >= 4 is 71.9 Å². The van der Waals surface area contributed by atoms with Crippen molar-refractivity contribution in [2.75, 3.05) is 141 Å². The third-order valence-electron chi connectivity index (χ3n) is 7.78. The molecule has 34 heteroatoms. The molecule has 0 aromatic heterocycles. The largest absolute Gasteiger partial charge is 0.671 e. The van der Waals surface area contributed by atoms with Gasteiger partial charge in [-0.25, -0.2) is 0 Å². The van der Waals surface area contributed by atoms with Gasteiger partial charge in [0.25, 0.3) is 0 Å². The summed E-state index contributed by atoms with van der Waals surface area (Å²) in [5, 5.41) is 4.74. The zero-order valence-electron chi connectivity index (χ0n) is 36.9. The van der Waals surface area contributed by atoms with Crippen LogP contribution >= 0.6 is 0 Å². The van der Waals surface area contributed by atoms with E-state index in [2.05, 4.69) is 0 Å². The molecule has 0 aliphatic carbocycles. The quantitative estimate of drug-likeness (QED) is 0.0600. The molecule has 0 aromatic carbocycles. The molecular weight excluding hydrogens is 1090 g/mol. The molecule has 0 aliphatic heterocycles. The maximum atomic E-state index is 6.48. The normalized spacial score (nSPS) is 14.0. The van der Waals surface area contributed by atoms with Crippen molar-refractivity contribution in [3.05, 3.63) is 5.32 Å². The number of rotatable bonds is 38. The van der Waals surface area contributed by atoms with Gasteiger partial charge in [-0.3, -0.25) is 0 Å². The minimum atomic E-state index is -4.27. The van der Waals surface area contributed by atoms with Gasteiger partial charge in [0.1, 0.15) is 0 Å². The molecule has 0 unspecified atom stereocenters. The van der Waals surface area contributed by atoms with E-state index in [1.807, 2.05) is 0 Å². The molecule has 0 spiro atoms. The van der Waals surface area contributed by atoms with Crippen LogP contribution in [0.3, 0.4) is 0 Å². The van der Waals surface area contributed by atoms with Crippen LogP contribution < -0.4 is 0 Å². The van der Waals surface area contributed by atoms with Crippen molar-refractivity contribution in [1.29, 1.82) is 0 Å². The van der Waals surface area contributed by atoms with Gasteiger partial charge in [0, 0.05) is 161 Å². The number of hydrogen-bond donors (Lipinski definition) is 0. The summed E-state index contributed by atoms with van der Waals surface area (Å²) >= 11 is 0. The molecule has 0 fully saturated rings. The van der Waals surface area contributed by atoms with Crippen molar-refractivity contribution in [3.63, 3.8) is 0 Å². The molecule has 0 aliphatic rings. The molecule has 0 rings (SSSR count).